The molecule has 0 saturated carbocycles. The minimum atomic E-state index is -0.0477. The topological polar surface area (TPSA) is 48.8 Å². The first-order chi connectivity index (χ1) is 29.1. The van der Waals surface area contributed by atoms with E-state index in [1.165, 1.54) is 22.3 Å². The Morgan fingerprint density at radius 3 is 1.84 bits per heavy atom. The third-order valence-corrected chi connectivity index (χ3v) is 11.4. The predicted octanol–water partition coefficient (Wildman–Crippen LogP) is 13.1. The van der Waals surface area contributed by atoms with E-state index in [0.29, 0.717) is 17.3 Å². The Morgan fingerprint density at radius 2 is 1.18 bits per heavy atom. The van der Waals surface area contributed by atoms with Crippen LogP contribution in [0.25, 0.3) is 61.5 Å². The SMILES string of the molecule is CC(C)(C)c1cc(-[n+]2[c-]n(-c3[c-]c(Oc4[c-]c5c(cc4)c4cc(-c6ccccc6)ccc4n5-c4cc(C(C)(C)C)ccn4)ccn3)cc2-c2ccccc2)cc(C(C)(C)C)c1.[Pt]. The molecule has 4 heterocycles. The maximum absolute atomic E-state index is 6.60. The first-order valence-electron chi connectivity index (χ1n) is 21.0. The van der Waals surface area contributed by atoms with Gasteiger partial charge in [-0.05, 0) is 91.1 Å². The van der Waals surface area contributed by atoms with Gasteiger partial charge in [0.15, 0.2) is 0 Å². The maximum Gasteiger partial charge on any atom is 0.269 e. The van der Waals surface area contributed by atoms with Crippen molar-refractivity contribution in [2.45, 2.75) is 78.6 Å². The van der Waals surface area contributed by atoms with Crippen LogP contribution in [-0.2, 0) is 37.3 Å². The number of pyridine rings is 2. The van der Waals surface area contributed by atoms with Crippen LogP contribution >= 0.6 is 0 Å². The van der Waals surface area contributed by atoms with Crippen LogP contribution in [-0.4, -0.2) is 19.1 Å². The molecule has 0 bridgehead atoms. The molecule has 6 nitrogen and oxygen atoms in total. The number of benzene rings is 5. The largest absolute Gasteiger partial charge is 0.522 e. The summed E-state index contributed by atoms with van der Waals surface area (Å²) in [5.74, 6) is 2.47. The minimum absolute atomic E-state index is 0. The smallest absolute Gasteiger partial charge is 0.269 e. The van der Waals surface area contributed by atoms with Crippen molar-refractivity contribution in [2.75, 3.05) is 0 Å². The molecule has 0 aliphatic heterocycles. The summed E-state index contributed by atoms with van der Waals surface area (Å²) in [4.78, 5) is 9.66. The summed E-state index contributed by atoms with van der Waals surface area (Å²) < 4.78 is 12.8. The molecule has 9 aromatic rings. The summed E-state index contributed by atoms with van der Waals surface area (Å²) in [5, 5.41) is 2.18. The molecule has 0 aliphatic carbocycles. The fourth-order valence-corrected chi connectivity index (χ4v) is 7.79. The number of ether oxygens (including phenoxy) is 1. The molecule has 0 aliphatic rings. The van der Waals surface area contributed by atoms with Crippen molar-refractivity contribution in [1.82, 2.24) is 19.1 Å². The molecule has 62 heavy (non-hydrogen) atoms. The van der Waals surface area contributed by atoms with Crippen LogP contribution in [0, 0.1) is 18.5 Å². The minimum Gasteiger partial charge on any atom is -0.522 e. The summed E-state index contributed by atoms with van der Waals surface area (Å²) in [7, 11) is 0. The second kappa shape index (κ2) is 16.3. The van der Waals surface area contributed by atoms with Gasteiger partial charge in [0.05, 0.1) is 17.2 Å². The molecule has 0 N–H and O–H groups in total. The number of aromatic nitrogens is 5. The van der Waals surface area contributed by atoms with E-state index in [2.05, 4.69) is 199 Å². The Hall–Kier alpha value is -6.10. The third kappa shape index (κ3) is 8.41. The van der Waals surface area contributed by atoms with E-state index in [0.717, 1.165) is 50.1 Å². The quantitative estimate of drug-likeness (QED) is 0.118. The van der Waals surface area contributed by atoms with Gasteiger partial charge >= 0.3 is 0 Å². The molecule has 314 valence electrons. The van der Waals surface area contributed by atoms with Gasteiger partial charge in [-0.15, -0.1) is 17.5 Å². The second-order valence-electron chi connectivity index (χ2n) is 19.0. The molecule has 9 rings (SSSR count). The Labute approximate surface area is 380 Å². The molecular weight excluding hydrogens is 942 g/mol. The van der Waals surface area contributed by atoms with E-state index in [9.17, 15) is 0 Å². The molecule has 0 unspecified atom stereocenters. The summed E-state index contributed by atoms with van der Waals surface area (Å²) in [6, 6.07) is 51.7. The first kappa shape index (κ1) is 42.6. The van der Waals surface area contributed by atoms with Crippen LogP contribution in [0.2, 0.25) is 0 Å². The summed E-state index contributed by atoms with van der Waals surface area (Å²) >= 11 is 0. The molecule has 0 amide bonds. The fourth-order valence-electron chi connectivity index (χ4n) is 7.79. The van der Waals surface area contributed by atoms with Crippen molar-refractivity contribution in [3.05, 3.63) is 181 Å². The van der Waals surface area contributed by atoms with Crippen LogP contribution in [0.5, 0.6) is 11.5 Å². The molecule has 4 aromatic heterocycles. The summed E-state index contributed by atoms with van der Waals surface area (Å²) in [5.41, 5.74) is 10.9. The van der Waals surface area contributed by atoms with Crippen molar-refractivity contribution in [1.29, 1.82) is 0 Å². The monoisotopic (exact) mass is 992 g/mol. The average molecular weight is 993 g/mol. The summed E-state index contributed by atoms with van der Waals surface area (Å²) in [6.45, 7) is 20.2. The van der Waals surface area contributed by atoms with E-state index in [4.69, 9.17) is 14.7 Å². The van der Waals surface area contributed by atoms with Gasteiger partial charge in [-0.2, -0.15) is 18.2 Å². The zero-order valence-corrected chi connectivity index (χ0v) is 39.1. The summed E-state index contributed by atoms with van der Waals surface area (Å²) in [6.07, 6.45) is 9.34. The van der Waals surface area contributed by atoms with Gasteiger partial charge in [-0.3, -0.25) is 14.1 Å². The number of fused-ring (bicyclic) bond motifs is 3. The molecule has 0 atom stereocenters. The molecule has 0 radical (unpaired) electrons. The molecule has 0 saturated heterocycles. The van der Waals surface area contributed by atoms with Crippen LogP contribution in [0.3, 0.4) is 0 Å². The van der Waals surface area contributed by atoms with Gasteiger partial charge in [0.1, 0.15) is 5.82 Å². The van der Waals surface area contributed by atoms with Gasteiger partial charge < -0.3 is 9.30 Å². The molecular formula is C55H51N5OPt-2. The van der Waals surface area contributed by atoms with Crippen molar-refractivity contribution in [3.63, 3.8) is 0 Å². The fraction of sp³-hybridized carbons (Fsp3) is 0.218. The Bertz CT molecular complexity index is 3020. The zero-order chi connectivity index (χ0) is 42.7. The van der Waals surface area contributed by atoms with Gasteiger partial charge in [-0.25, -0.2) is 4.98 Å². The number of imidazole rings is 1. The Balaban J connectivity index is 0.00000529. The van der Waals surface area contributed by atoms with Crippen LogP contribution in [0.15, 0.2) is 146 Å². The van der Waals surface area contributed by atoms with Crippen LogP contribution < -0.4 is 9.30 Å². The third-order valence-electron chi connectivity index (χ3n) is 11.4. The van der Waals surface area contributed by atoms with E-state index in [1.54, 1.807) is 6.20 Å². The van der Waals surface area contributed by atoms with Crippen molar-refractivity contribution >= 4 is 21.8 Å². The van der Waals surface area contributed by atoms with Crippen LogP contribution in [0.4, 0.5) is 0 Å². The van der Waals surface area contributed by atoms with E-state index in [-0.39, 0.29) is 37.3 Å². The number of hydrogen-bond donors (Lipinski definition) is 0. The average Bonchev–Trinajstić information content (AvgIpc) is 3.83. The van der Waals surface area contributed by atoms with Gasteiger partial charge in [-0.1, -0.05) is 153 Å². The second-order valence-corrected chi connectivity index (χ2v) is 19.0. The standard InChI is InChI=1S/C55H51N5O.Pt/c1-53(2,3)40-24-26-57-52(32-40)60-48-23-20-39(37-16-12-10-13-17-37)28-47(48)46-22-21-44(33-49(46)60)61-45-25-27-56-51(34-45)58-35-50(38-18-14-11-15-19-38)59(36-58)43-30-41(54(4,5)6)29-42(31-43)55(7,8)9;/h10-32,35H,1-9H3;/q-2;. The maximum atomic E-state index is 6.60. The van der Waals surface area contributed by atoms with E-state index in [1.807, 2.05) is 35.0 Å². The Kier molecular flexibility index (Phi) is 11.2. The molecule has 0 spiro atoms. The van der Waals surface area contributed by atoms with Crippen molar-refractivity contribution in [3.8, 4) is 51.2 Å². The van der Waals surface area contributed by atoms with E-state index >= 15 is 0 Å². The zero-order valence-electron chi connectivity index (χ0n) is 36.8. The molecule has 7 heteroatoms. The van der Waals surface area contributed by atoms with Crippen molar-refractivity contribution < 1.29 is 30.4 Å². The van der Waals surface area contributed by atoms with Gasteiger partial charge in [0.2, 0.25) is 0 Å². The number of rotatable bonds is 7. The van der Waals surface area contributed by atoms with Gasteiger partial charge in [0, 0.05) is 44.7 Å². The van der Waals surface area contributed by atoms with Crippen LogP contribution in [0.1, 0.15) is 79.0 Å². The first-order valence-corrected chi connectivity index (χ1v) is 21.0. The Morgan fingerprint density at radius 1 is 0.548 bits per heavy atom. The number of hydrogen-bond acceptors (Lipinski definition) is 3. The van der Waals surface area contributed by atoms with Crippen molar-refractivity contribution in [2.24, 2.45) is 0 Å². The van der Waals surface area contributed by atoms with Gasteiger partial charge in [0.25, 0.3) is 6.33 Å². The molecule has 5 aromatic carbocycles. The predicted molar refractivity (Wildman–Crippen MR) is 247 cm³/mol. The van der Waals surface area contributed by atoms with E-state index < -0.39 is 0 Å². The normalized spacial score (nSPS) is 12.1. The number of nitrogens with zero attached hydrogens (tertiary/aromatic N) is 5. The molecule has 0 fully saturated rings.